The molecule has 2 aliphatic rings. The normalized spacial score (nSPS) is 20.1. The first-order chi connectivity index (χ1) is 16.0. The molecule has 0 spiro atoms. The highest BCUT2D eigenvalue weighted by atomic mass is 16.2. The zero-order valence-electron chi connectivity index (χ0n) is 19.0. The van der Waals surface area contributed by atoms with Gasteiger partial charge in [0, 0.05) is 23.6 Å². The summed E-state index contributed by atoms with van der Waals surface area (Å²) < 4.78 is 0. The third-order valence-corrected chi connectivity index (χ3v) is 6.61. The van der Waals surface area contributed by atoms with E-state index in [2.05, 4.69) is 17.4 Å². The molecule has 33 heavy (non-hydrogen) atoms. The minimum absolute atomic E-state index is 0.00448. The van der Waals surface area contributed by atoms with Gasteiger partial charge in [-0.05, 0) is 35.6 Å². The van der Waals surface area contributed by atoms with E-state index in [9.17, 15) is 9.59 Å². The van der Waals surface area contributed by atoms with Crippen molar-refractivity contribution in [3.63, 3.8) is 0 Å². The average Bonchev–Trinajstić information content (AvgIpc) is 2.99. The Morgan fingerprint density at radius 1 is 0.848 bits per heavy atom. The number of ketones is 1. The molecule has 0 saturated heterocycles. The minimum atomic E-state index is -0.462. The maximum absolute atomic E-state index is 13.8. The summed E-state index contributed by atoms with van der Waals surface area (Å²) in [5, 5.41) is 3.58. The number of anilines is 2. The van der Waals surface area contributed by atoms with Crippen LogP contribution in [0, 0.1) is 5.92 Å². The first kappa shape index (κ1) is 21.2. The van der Waals surface area contributed by atoms with E-state index in [1.54, 1.807) is 0 Å². The number of benzene rings is 3. The Kier molecular flexibility index (Phi) is 5.59. The molecule has 0 aromatic heterocycles. The third kappa shape index (κ3) is 3.86. The van der Waals surface area contributed by atoms with Crippen LogP contribution in [0.5, 0.6) is 0 Å². The largest absolute Gasteiger partial charge is 0.357 e. The second-order valence-corrected chi connectivity index (χ2v) is 9.15. The zero-order valence-corrected chi connectivity index (χ0v) is 19.0. The van der Waals surface area contributed by atoms with Crippen molar-refractivity contribution in [3.05, 3.63) is 107 Å². The molecule has 1 aliphatic carbocycles. The van der Waals surface area contributed by atoms with Gasteiger partial charge in [-0.15, -0.1) is 0 Å². The predicted octanol–water partition coefficient (Wildman–Crippen LogP) is 6.24. The van der Waals surface area contributed by atoms with Crippen LogP contribution in [0.4, 0.5) is 11.4 Å². The Balaban J connectivity index is 1.72. The number of Topliss-reactive ketones (excluding diaryl/α,β-unsaturated/α-hetero) is 1. The monoisotopic (exact) mass is 436 g/mol. The van der Waals surface area contributed by atoms with Crippen LogP contribution in [0.15, 0.2) is 96.2 Å². The lowest BCUT2D eigenvalue weighted by molar-refractivity contribution is -0.121. The van der Waals surface area contributed by atoms with Crippen molar-refractivity contribution in [3.8, 4) is 0 Å². The van der Waals surface area contributed by atoms with Crippen LogP contribution in [0.1, 0.15) is 49.8 Å². The number of nitrogens with zero attached hydrogens (tertiary/aromatic N) is 1. The number of carbonyl (C=O) groups is 2. The van der Waals surface area contributed by atoms with E-state index in [0.717, 1.165) is 29.1 Å². The smallest absolute Gasteiger partial charge is 0.230 e. The van der Waals surface area contributed by atoms with Crippen LogP contribution in [0.2, 0.25) is 0 Å². The summed E-state index contributed by atoms with van der Waals surface area (Å²) in [6.07, 6.45) is 1.17. The summed E-state index contributed by atoms with van der Waals surface area (Å²) in [5.74, 6) is 0.00807. The number of para-hydroxylation sites is 2. The van der Waals surface area contributed by atoms with Crippen LogP contribution < -0.4 is 10.2 Å². The molecule has 0 saturated carbocycles. The minimum Gasteiger partial charge on any atom is -0.357 e. The Hall–Kier alpha value is -3.66. The summed E-state index contributed by atoms with van der Waals surface area (Å²) in [6.45, 7) is 3.82. The van der Waals surface area contributed by atoms with Gasteiger partial charge in [-0.2, -0.15) is 0 Å². The van der Waals surface area contributed by atoms with Crippen molar-refractivity contribution in [2.45, 2.75) is 38.6 Å². The second-order valence-electron chi connectivity index (χ2n) is 9.15. The molecular formula is C29H28N2O2. The molecule has 2 atom stereocenters. The number of rotatable bonds is 3. The zero-order chi connectivity index (χ0) is 22.9. The van der Waals surface area contributed by atoms with E-state index in [1.807, 2.05) is 91.5 Å². The third-order valence-electron chi connectivity index (χ3n) is 6.61. The van der Waals surface area contributed by atoms with E-state index in [0.29, 0.717) is 12.0 Å². The van der Waals surface area contributed by atoms with Gasteiger partial charge in [0.25, 0.3) is 0 Å². The van der Waals surface area contributed by atoms with E-state index in [-0.39, 0.29) is 23.5 Å². The molecule has 1 heterocycles. The summed E-state index contributed by atoms with van der Waals surface area (Å²) in [5.41, 5.74) is 5.41. The van der Waals surface area contributed by atoms with Gasteiger partial charge in [0.1, 0.15) is 0 Å². The predicted molar refractivity (Wildman–Crippen MR) is 132 cm³/mol. The SMILES string of the molecule is CC(C)C(=O)N1c2ccccc2NC2=C(C(=O)C[C@@H](c3ccccc3)C2)[C@@H]1c1ccccc1. The Morgan fingerprint density at radius 3 is 2.12 bits per heavy atom. The van der Waals surface area contributed by atoms with E-state index >= 15 is 0 Å². The maximum Gasteiger partial charge on any atom is 0.230 e. The molecule has 1 amide bonds. The molecule has 0 fully saturated rings. The highest BCUT2D eigenvalue weighted by molar-refractivity contribution is 6.06. The first-order valence-corrected chi connectivity index (χ1v) is 11.6. The number of hydrogen-bond donors (Lipinski definition) is 1. The fourth-order valence-electron chi connectivity index (χ4n) is 5.02. The van der Waals surface area contributed by atoms with Gasteiger partial charge in [-0.1, -0.05) is 86.6 Å². The van der Waals surface area contributed by atoms with Gasteiger partial charge in [0.05, 0.1) is 17.4 Å². The molecule has 0 radical (unpaired) electrons. The summed E-state index contributed by atoms with van der Waals surface area (Å²) in [6, 6.07) is 27.6. The van der Waals surface area contributed by atoms with E-state index in [4.69, 9.17) is 0 Å². The van der Waals surface area contributed by atoms with Crippen LogP contribution in [0.25, 0.3) is 0 Å². The number of nitrogens with one attached hydrogen (secondary N) is 1. The second kappa shape index (κ2) is 8.70. The standard InChI is InChI=1S/C29H28N2O2/c1-19(2)29(33)31-25-16-10-9-15-23(25)30-24-17-22(20-11-5-3-6-12-20)18-26(32)27(24)28(31)21-13-7-4-8-14-21/h3-16,19,22,28,30H,17-18H2,1-2H3/t22-,28-/m0/s1. The van der Waals surface area contributed by atoms with Crippen molar-refractivity contribution in [1.29, 1.82) is 0 Å². The topological polar surface area (TPSA) is 49.4 Å². The fourth-order valence-corrected chi connectivity index (χ4v) is 5.02. The molecule has 5 rings (SSSR count). The molecule has 4 heteroatoms. The summed E-state index contributed by atoms with van der Waals surface area (Å²) in [7, 11) is 0. The highest BCUT2D eigenvalue weighted by Crippen LogP contribution is 2.47. The Morgan fingerprint density at radius 2 is 1.45 bits per heavy atom. The van der Waals surface area contributed by atoms with Crippen molar-refractivity contribution in [1.82, 2.24) is 0 Å². The molecule has 1 N–H and O–H groups in total. The molecule has 166 valence electrons. The van der Waals surface area contributed by atoms with Crippen molar-refractivity contribution in [2.75, 3.05) is 10.2 Å². The summed E-state index contributed by atoms with van der Waals surface area (Å²) >= 11 is 0. The molecule has 3 aromatic rings. The lowest BCUT2D eigenvalue weighted by Crippen LogP contribution is -2.40. The molecular weight excluding hydrogens is 408 g/mol. The first-order valence-electron chi connectivity index (χ1n) is 11.6. The number of allylic oxidation sites excluding steroid dienone is 1. The number of fused-ring (bicyclic) bond motifs is 1. The van der Waals surface area contributed by atoms with Crippen LogP contribution in [-0.2, 0) is 9.59 Å². The molecule has 4 nitrogen and oxygen atoms in total. The number of hydrogen-bond acceptors (Lipinski definition) is 3. The van der Waals surface area contributed by atoms with Crippen molar-refractivity contribution >= 4 is 23.1 Å². The molecule has 3 aromatic carbocycles. The highest BCUT2D eigenvalue weighted by Gasteiger charge is 2.41. The quantitative estimate of drug-likeness (QED) is 0.528. The lowest BCUT2D eigenvalue weighted by Gasteiger charge is -2.36. The molecule has 0 unspecified atom stereocenters. The van der Waals surface area contributed by atoms with Gasteiger partial charge in [0.15, 0.2) is 5.78 Å². The average molecular weight is 437 g/mol. The lowest BCUT2D eigenvalue weighted by atomic mass is 9.78. The van der Waals surface area contributed by atoms with Crippen molar-refractivity contribution < 1.29 is 9.59 Å². The van der Waals surface area contributed by atoms with Crippen LogP contribution in [0.3, 0.4) is 0 Å². The Bertz CT molecular complexity index is 1210. The van der Waals surface area contributed by atoms with Gasteiger partial charge >= 0.3 is 0 Å². The van der Waals surface area contributed by atoms with Crippen LogP contribution in [-0.4, -0.2) is 11.7 Å². The molecule has 0 bridgehead atoms. The number of carbonyl (C=O) groups excluding carboxylic acids is 2. The maximum atomic E-state index is 13.8. The van der Waals surface area contributed by atoms with E-state index < -0.39 is 6.04 Å². The van der Waals surface area contributed by atoms with Gasteiger partial charge in [-0.3, -0.25) is 14.5 Å². The summed E-state index contributed by atoms with van der Waals surface area (Å²) in [4.78, 5) is 29.3. The van der Waals surface area contributed by atoms with E-state index in [1.165, 1.54) is 5.56 Å². The Labute approximate surface area is 194 Å². The number of amides is 1. The molecule has 1 aliphatic heterocycles. The van der Waals surface area contributed by atoms with Crippen molar-refractivity contribution in [2.24, 2.45) is 5.92 Å². The van der Waals surface area contributed by atoms with Gasteiger partial charge < -0.3 is 5.32 Å². The van der Waals surface area contributed by atoms with Gasteiger partial charge in [-0.25, -0.2) is 0 Å². The fraction of sp³-hybridized carbons (Fsp3) is 0.241. The van der Waals surface area contributed by atoms with Crippen LogP contribution >= 0.6 is 0 Å². The van der Waals surface area contributed by atoms with Gasteiger partial charge in [0.2, 0.25) is 5.91 Å².